The van der Waals surface area contributed by atoms with Crippen molar-refractivity contribution in [2.24, 2.45) is 11.7 Å². The maximum absolute atomic E-state index is 13.1. The molecule has 7 heteroatoms. The summed E-state index contributed by atoms with van der Waals surface area (Å²) in [6.07, 6.45) is 1.77. The summed E-state index contributed by atoms with van der Waals surface area (Å²) in [5.41, 5.74) is 5.61. The maximum atomic E-state index is 13.1. The third-order valence-electron chi connectivity index (χ3n) is 3.96. The zero-order valence-corrected chi connectivity index (χ0v) is 12.5. The number of rotatable bonds is 5. The molecule has 2 rings (SSSR count). The summed E-state index contributed by atoms with van der Waals surface area (Å²) in [6, 6.07) is 2.22. The standard InChI is InChI=1S/C16H18F2N2O3/c17-12-5-4-9(6-13(12)18)7-14(22)20-15(16(19)23)10-2-1-3-11(21)8-10/h4-6,10,15H,1-3,7-8H2,(H2,19,23)(H,20,22)/t10-,15+/m1/s1. The molecule has 124 valence electrons. The Balaban J connectivity index is 2.01. The molecule has 0 radical (unpaired) electrons. The summed E-state index contributed by atoms with van der Waals surface area (Å²) < 4.78 is 26.0. The topological polar surface area (TPSA) is 89.3 Å². The minimum Gasteiger partial charge on any atom is -0.368 e. The number of halogens is 2. The van der Waals surface area contributed by atoms with Gasteiger partial charge in [0.15, 0.2) is 11.6 Å². The van der Waals surface area contributed by atoms with Crippen LogP contribution in [0.4, 0.5) is 8.78 Å². The molecule has 0 heterocycles. The lowest BCUT2D eigenvalue weighted by Crippen LogP contribution is -2.50. The molecule has 1 aliphatic rings. The van der Waals surface area contributed by atoms with E-state index in [1.165, 1.54) is 6.07 Å². The third kappa shape index (κ3) is 4.58. The number of Topliss-reactive ketones (excluding diaryl/α,β-unsaturated/α-hetero) is 1. The van der Waals surface area contributed by atoms with Crippen molar-refractivity contribution in [2.75, 3.05) is 0 Å². The summed E-state index contributed by atoms with van der Waals surface area (Å²) in [7, 11) is 0. The van der Waals surface area contributed by atoms with Crippen LogP contribution in [0.3, 0.4) is 0 Å². The highest BCUT2D eigenvalue weighted by Gasteiger charge is 2.32. The Hall–Kier alpha value is -2.31. The van der Waals surface area contributed by atoms with Gasteiger partial charge in [-0.3, -0.25) is 14.4 Å². The first-order valence-corrected chi connectivity index (χ1v) is 7.41. The van der Waals surface area contributed by atoms with Gasteiger partial charge in [0.1, 0.15) is 11.8 Å². The van der Waals surface area contributed by atoms with Gasteiger partial charge in [-0.2, -0.15) is 0 Å². The second-order valence-electron chi connectivity index (χ2n) is 5.77. The lowest BCUT2D eigenvalue weighted by molar-refractivity contribution is -0.130. The molecule has 0 saturated heterocycles. The highest BCUT2D eigenvalue weighted by molar-refractivity contribution is 5.89. The fraction of sp³-hybridized carbons (Fsp3) is 0.438. The Morgan fingerprint density at radius 2 is 2.04 bits per heavy atom. The van der Waals surface area contributed by atoms with Gasteiger partial charge in [-0.25, -0.2) is 8.78 Å². The highest BCUT2D eigenvalue weighted by atomic mass is 19.2. The summed E-state index contributed by atoms with van der Waals surface area (Å²) in [5.74, 6) is -3.55. The predicted molar refractivity (Wildman–Crippen MR) is 78.2 cm³/mol. The van der Waals surface area contributed by atoms with Crippen molar-refractivity contribution in [1.29, 1.82) is 0 Å². The Kier molecular flexibility index (Phi) is 5.41. The third-order valence-corrected chi connectivity index (χ3v) is 3.96. The molecule has 0 unspecified atom stereocenters. The van der Waals surface area contributed by atoms with Crippen molar-refractivity contribution in [3.05, 3.63) is 35.4 Å². The van der Waals surface area contributed by atoms with Crippen molar-refractivity contribution in [1.82, 2.24) is 5.32 Å². The zero-order chi connectivity index (χ0) is 17.0. The fourth-order valence-electron chi connectivity index (χ4n) is 2.82. The van der Waals surface area contributed by atoms with E-state index in [0.717, 1.165) is 12.1 Å². The number of nitrogens with two attached hydrogens (primary N) is 1. The largest absolute Gasteiger partial charge is 0.368 e. The number of carbonyl (C=O) groups is 3. The van der Waals surface area contributed by atoms with E-state index in [-0.39, 0.29) is 30.1 Å². The lowest BCUT2D eigenvalue weighted by Gasteiger charge is -2.28. The molecule has 1 aromatic carbocycles. The van der Waals surface area contributed by atoms with Crippen LogP contribution in [0.5, 0.6) is 0 Å². The number of benzene rings is 1. The second kappa shape index (κ2) is 7.30. The second-order valence-corrected chi connectivity index (χ2v) is 5.77. The number of ketones is 1. The van der Waals surface area contributed by atoms with Crippen LogP contribution in [0, 0.1) is 17.6 Å². The number of hydrogen-bond acceptors (Lipinski definition) is 3. The molecule has 0 aromatic heterocycles. The van der Waals surface area contributed by atoms with Crippen LogP contribution < -0.4 is 11.1 Å². The first-order chi connectivity index (χ1) is 10.9. The van der Waals surface area contributed by atoms with Gasteiger partial charge >= 0.3 is 0 Å². The van der Waals surface area contributed by atoms with Gasteiger partial charge in [-0.1, -0.05) is 6.07 Å². The van der Waals surface area contributed by atoms with Crippen LogP contribution >= 0.6 is 0 Å². The molecule has 2 amide bonds. The summed E-state index contributed by atoms with van der Waals surface area (Å²) in [6.45, 7) is 0. The molecule has 0 aliphatic heterocycles. The van der Waals surface area contributed by atoms with E-state index in [9.17, 15) is 23.2 Å². The Morgan fingerprint density at radius 3 is 2.65 bits per heavy atom. The van der Waals surface area contributed by atoms with E-state index in [4.69, 9.17) is 5.73 Å². The van der Waals surface area contributed by atoms with E-state index in [1.807, 2.05) is 0 Å². The number of nitrogens with one attached hydrogen (secondary N) is 1. The van der Waals surface area contributed by atoms with E-state index >= 15 is 0 Å². The van der Waals surface area contributed by atoms with Crippen molar-refractivity contribution >= 4 is 17.6 Å². The lowest BCUT2D eigenvalue weighted by atomic mass is 9.83. The molecule has 1 fully saturated rings. The van der Waals surface area contributed by atoms with Crippen molar-refractivity contribution in [2.45, 2.75) is 38.1 Å². The molecule has 1 aliphatic carbocycles. The van der Waals surface area contributed by atoms with E-state index < -0.39 is 29.5 Å². The van der Waals surface area contributed by atoms with Crippen LogP contribution in [0.2, 0.25) is 0 Å². The summed E-state index contributed by atoms with van der Waals surface area (Å²) in [4.78, 5) is 35.1. The monoisotopic (exact) mass is 324 g/mol. The average Bonchev–Trinajstić information content (AvgIpc) is 2.48. The smallest absolute Gasteiger partial charge is 0.240 e. The Morgan fingerprint density at radius 1 is 1.30 bits per heavy atom. The van der Waals surface area contributed by atoms with Crippen LogP contribution in [0.15, 0.2) is 18.2 Å². The summed E-state index contributed by atoms with van der Waals surface area (Å²) >= 11 is 0. The normalized spacial score (nSPS) is 19.2. The molecular formula is C16H18F2N2O3. The van der Waals surface area contributed by atoms with Crippen LogP contribution in [-0.2, 0) is 20.8 Å². The molecule has 1 saturated carbocycles. The fourth-order valence-corrected chi connectivity index (χ4v) is 2.82. The van der Waals surface area contributed by atoms with Gasteiger partial charge in [0.05, 0.1) is 6.42 Å². The average molecular weight is 324 g/mol. The highest BCUT2D eigenvalue weighted by Crippen LogP contribution is 2.24. The molecule has 0 spiro atoms. The quantitative estimate of drug-likeness (QED) is 0.854. The van der Waals surface area contributed by atoms with Crippen LogP contribution in [0.25, 0.3) is 0 Å². The van der Waals surface area contributed by atoms with Crippen LogP contribution in [0.1, 0.15) is 31.2 Å². The molecule has 1 aromatic rings. The number of hydrogen-bond donors (Lipinski definition) is 2. The van der Waals surface area contributed by atoms with Gasteiger partial charge in [-0.05, 0) is 36.5 Å². The Labute approximate surface area is 132 Å². The molecule has 0 bridgehead atoms. The minimum atomic E-state index is -1.04. The Bertz CT molecular complexity index is 634. The van der Waals surface area contributed by atoms with E-state index in [2.05, 4.69) is 5.32 Å². The van der Waals surface area contributed by atoms with Crippen molar-refractivity contribution in [3.63, 3.8) is 0 Å². The van der Waals surface area contributed by atoms with E-state index in [0.29, 0.717) is 19.3 Å². The van der Waals surface area contributed by atoms with Crippen molar-refractivity contribution in [3.8, 4) is 0 Å². The number of carbonyl (C=O) groups excluding carboxylic acids is 3. The minimum absolute atomic E-state index is 0.0438. The molecule has 5 nitrogen and oxygen atoms in total. The zero-order valence-electron chi connectivity index (χ0n) is 12.5. The number of primary amides is 1. The predicted octanol–water partition coefficient (Wildman–Crippen LogP) is 1.24. The van der Waals surface area contributed by atoms with Crippen LogP contribution in [-0.4, -0.2) is 23.6 Å². The van der Waals surface area contributed by atoms with Gasteiger partial charge in [0.2, 0.25) is 11.8 Å². The van der Waals surface area contributed by atoms with Gasteiger partial charge in [-0.15, -0.1) is 0 Å². The SMILES string of the molecule is NC(=O)[C@@H](NC(=O)Cc1ccc(F)c(F)c1)[C@@H]1CCCC(=O)C1. The van der Waals surface area contributed by atoms with Gasteiger partial charge in [0.25, 0.3) is 0 Å². The summed E-state index contributed by atoms with van der Waals surface area (Å²) in [5, 5.41) is 2.51. The molecule has 23 heavy (non-hydrogen) atoms. The molecular weight excluding hydrogens is 306 g/mol. The first-order valence-electron chi connectivity index (χ1n) is 7.41. The van der Waals surface area contributed by atoms with Gasteiger partial charge < -0.3 is 11.1 Å². The molecule has 2 atom stereocenters. The van der Waals surface area contributed by atoms with Crippen molar-refractivity contribution < 1.29 is 23.2 Å². The molecule has 3 N–H and O–H groups in total. The number of amides is 2. The first kappa shape index (κ1) is 17.1. The van der Waals surface area contributed by atoms with Gasteiger partial charge in [0, 0.05) is 12.8 Å². The van der Waals surface area contributed by atoms with E-state index in [1.54, 1.807) is 0 Å². The maximum Gasteiger partial charge on any atom is 0.240 e.